The van der Waals surface area contributed by atoms with Crippen molar-refractivity contribution >= 4 is 11.6 Å². The lowest BCUT2D eigenvalue weighted by molar-refractivity contribution is -0.119. The Bertz CT molecular complexity index is 1260. The highest BCUT2D eigenvalue weighted by atomic mass is 16.5. The second-order valence-electron chi connectivity index (χ2n) is 11.6. The molecule has 2 aromatic rings. The zero-order valence-electron chi connectivity index (χ0n) is 20.8. The molecule has 1 aliphatic heterocycles. The van der Waals surface area contributed by atoms with Crippen LogP contribution in [0.4, 0.5) is 0 Å². The van der Waals surface area contributed by atoms with Gasteiger partial charge in [0.05, 0.1) is 5.92 Å². The van der Waals surface area contributed by atoms with Gasteiger partial charge in [-0.05, 0) is 22.5 Å². The molecule has 1 heterocycles. The molecular weight excluding hydrogens is 440 g/mol. The zero-order valence-corrected chi connectivity index (χ0v) is 20.8. The summed E-state index contributed by atoms with van der Waals surface area (Å²) in [5, 5.41) is 11.1. The molecule has 2 aromatic carbocycles. The van der Waals surface area contributed by atoms with Gasteiger partial charge in [0.2, 0.25) is 0 Å². The first kappa shape index (κ1) is 23.4. The zero-order chi connectivity index (χ0) is 25.0. The number of allylic oxidation sites excluding steroid dienone is 4. The number of hydrogen-bond donors (Lipinski definition) is 1. The number of aliphatic hydroxyl groups excluding tert-OH is 1. The second-order valence-corrected chi connectivity index (χ2v) is 11.6. The lowest BCUT2D eigenvalue weighted by atomic mass is 9.66. The molecule has 3 aliphatic rings. The van der Waals surface area contributed by atoms with Gasteiger partial charge in [-0.3, -0.25) is 9.59 Å². The highest BCUT2D eigenvalue weighted by Gasteiger charge is 2.46. The number of carbonyl (C=O) groups is 2. The maximum atomic E-state index is 13.4. The molecule has 5 rings (SSSR count). The van der Waals surface area contributed by atoms with Crippen molar-refractivity contribution < 1.29 is 24.2 Å². The predicted octanol–water partition coefficient (Wildman–Crippen LogP) is 6.59. The van der Waals surface area contributed by atoms with Crippen molar-refractivity contribution in [1.82, 2.24) is 0 Å². The van der Waals surface area contributed by atoms with E-state index in [1.54, 1.807) is 0 Å². The molecule has 0 aromatic heterocycles. The molecule has 35 heavy (non-hydrogen) atoms. The maximum Gasteiger partial charge on any atom is 0.163 e. The summed E-state index contributed by atoms with van der Waals surface area (Å²) >= 11 is 0. The Hall–Kier alpha value is -3.34. The molecule has 0 radical (unpaired) electrons. The van der Waals surface area contributed by atoms with Crippen LogP contribution in [0.1, 0.15) is 70.4 Å². The molecule has 0 bridgehead atoms. The summed E-state index contributed by atoms with van der Waals surface area (Å²) in [5.74, 6) is 1.15. The average Bonchev–Trinajstić information content (AvgIpc) is 2.75. The number of ether oxygens (including phenoxy) is 2. The SMILES string of the molecule is CC1(C)CC(=O)C(C2C3=C(CC(C)(C)CC3=O)Oc3cc(OCc4ccccc4)ccc32)=C(O)C1. The molecule has 5 heteroatoms. The number of rotatable bonds is 4. The lowest BCUT2D eigenvalue weighted by Gasteiger charge is -2.40. The third-order valence-corrected chi connectivity index (χ3v) is 7.13. The summed E-state index contributed by atoms with van der Waals surface area (Å²) in [6.45, 7) is 8.47. The fourth-order valence-electron chi connectivity index (χ4n) is 5.58. The first-order valence-corrected chi connectivity index (χ1v) is 12.2. The number of hydrogen-bond acceptors (Lipinski definition) is 5. The fraction of sp³-hybridized carbons (Fsp3) is 0.400. The van der Waals surface area contributed by atoms with E-state index in [1.165, 1.54) is 0 Å². The highest BCUT2D eigenvalue weighted by Crippen LogP contribution is 2.53. The number of carbonyl (C=O) groups excluding carboxylic acids is 2. The van der Waals surface area contributed by atoms with Gasteiger partial charge < -0.3 is 14.6 Å². The van der Waals surface area contributed by atoms with Gasteiger partial charge in [0.1, 0.15) is 29.6 Å². The Morgan fingerprint density at radius 3 is 2.23 bits per heavy atom. The van der Waals surface area contributed by atoms with E-state index in [-0.39, 0.29) is 28.2 Å². The number of benzene rings is 2. The van der Waals surface area contributed by atoms with E-state index >= 15 is 0 Å². The summed E-state index contributed by atoms with van der Waals surface area (Å²) in [4.78, 5) is 26.7. The van der Waals surface area contributed by atoms with E-state index in [0.29, 0.717) is 60.7 Å². The van der Waals surface area contributed by atoms with E-state index in [2.05, 4.69) is 0 Å². The standard InChI is InChI=1S/C30H32O5/c1-29(2)13-21(31)27(22(32)14-29)26-20-11-10-19(34-17-18-8-6-5-7-9-18)12-24(20)35-25-16-30(3,4)15-23(33)28(25)26/h5-12,26,31H,13-17H2,1-4H3. The number of aliphatic hydroxyl groups is 1. The van der Waals surface area contributed by atoms with Crippen LogP contribution in [0, 0.1) is 10.8 Å². The number of fused-ring (bicyclic) bond motifs is 1. The fourth-order valence-corrected chi connectivity index (χ4v) is 5.58. The molecule has 182 valence electrons. The van der Waals surface area contributed by atoms with Gasteiger partial charge in [0.25, 0.3) is 0 Å². The first-order valence-electron chi connectivity index (χ1n) is 12.2. The highest BCUT2D eigenvalue weighted by molar-refractivity contribution is 6.06. The van der Waals surface area contributed by atoms with Gasteiger partial charge in [-0.2, -0.15) is 0 Å². The maximum absolute atomic E-state index is 13.4. The van der Waals surface area contributed by atoms with Gasteiger partial charge in [-0.25, -0.2) is 0 Å². The Morgan fingerprint density at radius 2 is 1.54 bits per heavy atom. The van der Waals surface area contributed by atoms with Crippen LogP contribution in [0.5, 0.6) is 11.5 Å². The van der Waals surface area contributed by atoms with Crippen molar-refractivity contribution in [3.8, 4) is 11.5 Å². The van der Waals surface area contributed by atoms with E-state index in [0.717, 1.165) is 11.1 Å². The van der Waals surface area contributed by atoms with Gasteiger partial charge in [0.15, 0.2) is 11.6 Å². The molecule has 0 saturated carbocycles. The van der Waals surface area contributed by atoms with Gasteiger partial charge in [-0.15, -0.1) is 0 Å². The van der Waals surface area contributed by atoms with Gasteiger partial charge in [-0.1, -0.05) is 64.1 Å². The topological polar surface area (TPSA) is 72.8 Å². The van der Waals surface area contributed by atoms with Gasteiger partial charge in [0, 0.05) is 48.5 Å². The lowest BCUT2D eigenvalue weighted by Crippen LogP contribution is -2.36. The smallest absolute Gasteiger partial charge is 0.163 e. The molecule has 0 saturated heterocycles. The monoisotopic (exact) mass is 472 g/mol. The average molecular weight is 473 g/mol. The van der Waals surface area contributed by atoms with Crippen molar-refractivity contribution in [2.75, 3.05) is 0 Å². The second kappa shape index (κ2) is 8.40. The van der Waals surface area contributed by atoms with Crippen molar-refractivity contribution in [3.63, 3.8) is 0 Å². The summed E-state index contributed by atoms with van der Waals surface area (Å²) < 4.78 is 12.3. The molecule has 0 spiro atoms. The quantitative estimate of drug-likeness (QED) is 0.544. The summed E-state index contributed by atoms with van der Waals surface area (Å²) in [6, 6.07) is 15.4. The van der Waals surface area contributed by atoms with Crippen LogP contribution in [-0.4, -0.2) is 16.7 Å². The van der Waals surface area contributed by atoms with Crippen LogP contribution in [-0.2, 0) is 16.2 Å². The Labute approximate surface area is 206 Å². The van der Waals surface area contributed by atoms with Crippen LogP contribution in [0.2, 0.25) is 0 Å². The molecule has 1 unspecified atom stereocenters. The van der Waals surface area contributed by atoms with Crippen LogP contribution in [0.25, 0.3) is 0 Å². The molecule has 5 nitrogen and oxygen atoms in total. The van der Waals surface area contributed by atoms with Crippen molar-refractivity contribution in [2.45, 2.75) is 65.9 Å². The van der Waals surface area contributed by atoms with Crippen LogP contribution in [0.15, 0.2) is 71.2 Å². The summed E-state index contributed by atoms with van der Waals surface area (Å²) in [6.07, 6.45) is 1.71. The molecular formula is C30H32O5. The van der Waals surface area contributed by atoms with Crippen LogP contribution in [0.3, 0.4) is 0 Å². The van der Waals surface area contributed by atoms with E-state index in [1.807, 2.05) is 76.2 Å². The molecule has 1 N–H and O–H groups in total. The van der Waals surface area contributed by atoms with E-state index in [9.17, 15) is 14.7 Å². The number of ketones is 2. The van der Waals surface area contributed by atoms with Crippen LogP contribution < -0.4 is 9.47 Å². The molecule has 0 amide bonds. The van der Waals surface area contributed by atoms with Crippen molar-refractivity contribution in [2.24, 2.45) is 10.8 Å². The summed E-state index contributed by atoms with van der Waals surface area (Å²) in [7, 11) is 0. The molecule has 1 atom stereocenters. The van der Waals surface area contributed by atoms with Crippen molar-refractivity contribution in [3.05, 3.63) is 82.3 Å². The third-order valence-electron chi connectivity index (χ3n) is 7.13. The van der Waals surface area contributed by atoms with Crippen molar-refractivity contribution in [1.29, 1.82) is 0 Å². The summed E-state index contributed by atoms with van der Waals surface area (Å²) in [5.41, 5.74) is 2.08. The van der Waals surface area contributed by atoms with E-state index < -0.39 is 5.92 Å². The Balaban J connectivity index is 1.58. The van der Waals surface area contributed by atoms with Gasteiger partial charge >= 0.3 is 0 Å². The van der Waals surface area contributed by atoms with Crippen LogP contribution >= 0.6 is 0 Å². The minimum absolute atomic E-state index is 0.0192. The molecule has 0 fully saturated rings. The molecule has 2 aliphatic carbocycles. The minimum atomic E-state index is -0.621. The first-order chi connectivity index (χ1) is 16.5. The third kappa shape index (κ3) is 4.52. The predicted molar refractivity (Wildman–Crippen MR) is 133 cm³/mol. The minimum Gasteiger partial charge on any atom is -0.512 e. The van der Waals surface area contributed by atoms with E-state index in [4.69, 9.17) is 9.47 Å². The number of Topliss-reactive ketones (excluding diaryl/α,β-unsaturated/α-hetero) is 2. The Morgan fingerprint density at radius 1 is 0.886 bits per heavy atom. The Kier molecular flexibility index (Phi) is 5.62. The largest absolute Gasteiger partial charge is 0.512 e. The normalized spacial score (nSPS) is 22.9.